The summed E-state index contributed by atoms with van der Waals surface area (Å²) >= 11 is 0. The number of benzene rings is 9. The van der Waals surface area contributed by atoms with E-state index >= 15 is 0 Å². The first kappa shape index (κ1) is 86.8. The molecule has 114 heavy (non-hydrogen) atoms. The monoisotopic (exact) mass is 1610 g/mol. The SMILES string of the molecule is CCC(C)c1ccc(S(=O)(=O)[O-])cc1.CCN(CC)c1ccc(C(=C2C=CC(=[NH+]CC3CC4CCC3C4)c3ccccc32)c2ccc(N(CC)CC)cc2)cc1.CC[NH+]=C1C=CC(=C(c2ccc(N(CC)CC)cc2)c2ccc(N(CC)CC)cc2)c2ccccc21.O=S(=O)([O-])c1ccc2c(S(=O)(=O)[O-])cc(S(=O)(=O)[O-])cc2c1. The molecular weight excluding hydrogens is 1510 g/mol. The molecular formula is C92H106N6O12S4-2. The molecule has 602 valence electrons. The van der Waals surface area contributed by atoms with Crippen molar-refractivity contribution in [1.82, 2.24) is 0 Å². The van der Waals surface area contributed by atoms with Gasteiger partial charge in [-0.1, -0.05) is 123 Å². The third-order valence-electron chi connectivity index (χ3n) is 22.4. The Hall–Kier alpha value is -9.62. The predicted molar refractivity (Wildman–Crippen MR) is 458 cm³/mol. The maximum atomic E-state index is 11.2. The van der Waals surface area contributed by atoms with E-state index in [0.717, 1.165) is 107 Å². The Morgan fingerprint density at radius 3 is 1.10 bits per heavy atom. The van der Waals surface area contributed by atoms with E-state index in [0.29, 0.717) is 24.1 Å². The molecule has 4 aliphatic carbocycles. The zero-order valence-electron chi connectivity index (χ0n) is 67.1. The highest BCUT2D eigenvalue weighted by Crippen LogP contribution is 2.48. The first-order valence-electron chi connectivity index (χ1n) is 39.7. The molecule has 2 saturated carbocycles. The van der Waals surface area contributed by atoms with Crippen molar-refractivity contribution in [2.45, 2.75) is 134 Å². The number of fused-ring (bicyclic) bond motifs is 5. The Labute approximate surface area is 676 Å². The largest absolute Gasteiger partial charge is 0.744 e. The Morgan fingerprint density at radius 1 is 0.395 bits per heavy atom. The molecule has 4 atom stereocenters. The third kappa shape index (κ3) is 20.9. The number of hydrogen-bond acceptors (Lipinski definition) is 16. The highest BCUT2D eigenvalue weighted by atomic mass is 32.2. The van der Waals surface area contributed by atoms with Gasteiger partial charge >= 0.3 is 0 Å². The van der Waals surface area contributed by atoms with E-state index in [9.17, 15) is 51.9 Å². The Balaban J connectivity index is 0.000000173. The van der Waals surface area contributed by atoms with E-state index in [-0.39, 0.29) is 15.7 Å². The van der Waals surface area contributed by atoms with E-state index in [2.05, 4.69) is 276 Å². The number of nitrogens with zero attached hydrogens (tertiary/aromatic N) is 4. The fraction of sp³-hybridized carbons (Fsp3) is 0.326. The molecule has 22 heteroatoms. The number of rotatable bonds is 25. The summed E-state index contributed by atoms with van der Waals surface area (Å²) in [5.74, 6) is 3.14. The lowest BCUT2D eigenvalue weighted by Crippen LogP contribution is -2.75. The summed E-state index contributed by atoms with van der Waals surface area (Å²) in [4.78, 5) is 14.1. The van der Waals surface area contributed by atoms with Gasteiger partial charge in [-0.2, -0.15) is 0 Å². The van der Waals surface area contributed by atoms with Gasteiger partial charge in [0, 0.05) is 93.2 Å². The quantitative estimate of drug-likeness (QED) is 0.0503. The van der Waals surface area contributed by atoms with Crippen molar-refractivity contribution in [1.29, 1.82) is 0 Å². The average molecular weight is 1620 g/mol. The van der Waals surface area contributed by atoms with Crippen molar-refractivity contribution in [3.8, 4) is 0 Å². The van der Waals surface area contributed by atoms with E-state index in [4.69, 9.17) is 0 Å². The molecule has 0 heterocycles. The van der Waals surface area contributed by atoms with Gasteiger partial charge in [0.1, 0.15) is 53.6 Å². The summed E-state index contributed by atoms with van der Waals surface area (Å²) in [6, 6.07) is 63.9. The second-order valence-electron chi connectivity index (χ2n) is 28.9. The third-order valence-corrected chi connectivity index (χ3v) is 25.8. The normalized spacial score (nSPS) is 16.5. The van der Waals surface area contributed by atoms with Crippen LogP contribution in [0.15, 0.2) is 244 Å². The molecule has 4 aliphatic rings. The van der Waals surface area contributed by atoms with Crippen LogP contribution in [-0.4, -0.2) is 129 Å². The highest BCUT2D eigenvalue weighted by Gasteiger charge is 2.41. The Bertz CT molecular complexity index is 5400. The number of nitrogens with one attached hydrogen (secondary N) is 2. The molecule has 2 bridgehead atoms. The minimum Gasteiger partial charge on any atom is -0.744 e. The minimum atomic E-state index is -5.14. The zero-order chi connectivity index (χ0) is 82.2. The second-order valence-corrected chi connectivity index (χ2v) is 34.4. The predicted octanol–water partition coefficient (Wildman–Crippen LogP) is 14.7. The molecule has 13 rings (SSSR count). The molecule has 9 aromatic carbocycles. The van der Waals surface area contributed by atoms with Crippen LogP contribution < -0.4 is 29.6 Å². The number of allylic oxidation sites excluding steroid dienone is 6. The summed E-state index contributed by atoms with van der Waals surface area (Å²) in [5, 5.41) is -0.668. The van der Waals surface area contributed by atoms with E-state index < -0.39 is 55.2 Å². The maximum Gasteiger partial charge on any atom is 0.206 e. The van der Waals surface area contributed by atoms with Crippen molar-refractivity contribution in [3.05, 3.63) is 275 Å². The van der Waals surface area contributed by atoms with Gasteiger partial charge in [-0.15, -0.1) is 0 Å². The molecule has 0 saturated heterocycles. The summed E-state index contributed by atoms with van der Waals surface area (Å²) in [6.45, 7) is 34.1. The molecule has 0 aromatic heterocycles. The zero-order valence-corrected chi connectivity index (χ0v) is 70.4. The number of hydrogen-bond donors (Lipinski definition) is 2. The minimum absolute atomic E-state index is 0.162. The summed E-state index contributed by atoms with van der Waals surface area (Å²) < 4.78 is 131. The fourth-order valence-electron chi connectivity index (χ4n) is 16.1. The summed E-state index contributed by atoms with van der Waals surface area (Å²) in [6.07, 6.45) is 16.0. The van der Waals surface area contributed by atoms with Crippen molar-refractivity contribution in [2.24, 2.45) is 17.8 Å². The molecule has 2 N–H and O–H groups in total. The van der Waals surface area contributed by atoms with E-state index in [1.807, 2.05) is 0 Å². The smallest absolute Gasteiger partial charge is 0.206 e. The van der Waals surface area contributed by atoms with E-state index in [1.165, 1.54) is 139 Å². The molecule has 18 nitrogen and oxygen atoms in total. The van der Waals surface area contributed by atoms with Crippen LogP contribution in [0.2, 0.25) is 0 Å². The van der Waals surface area contributed by atoms with Gasteiger partial charge in [-0.3, -0.25) is 0 Å². The van der Waals surface area contributed by atoms with Crippen LogP contribution >= 0.6 is 0 Å². The molecule has 0 radical (unpaired) electrons. The van der Waals surface area contributed by atoms with Crippen LogP contribution in [0.5, 0.6) is 0 Å². The summed E-state index contributed by atoms with van der Waals surface area (Å²) in [7, 11) is -19.4. The summed E-state index contributed by atoms with van der Waals surface area (Å²) in [5.41, 5.74) is 23.9. The molecule has 0 aliphatic heterocycles. The van der Waals surface area contributed by atoms with Crippen molar-refractivity contribution < 1.29 is 61.9 Å². The first-order valence-corrected chi connectivity index (χ1v) is 45.3. The van der Waals surface area contributed by atoms with Gasteiger partial charge in [0.05, 0.1) is 30.7 Å². The average Bonchev–Trinajstić information content (AvgIpc) is 0.978. The lowest BCUT2D eigenvalue weighted by atomic mass is 9.83. The molecule has 0 amide bonds. The molecule has 9 aromatic rings. The Kier molecular flexibility index (Phi) is 29.4. The van der Waals surface area contributed by atoms with E-state index in [1.54, 1.807) is 12.1 Å². The second kappa shape index (κ2) is 38.7. The van der Waals surface area contributed by atoms with Crippen molar-refractivity contribution in [3.63, 3.8) is 0 Å². The highest BCUT2D eigenvalue weighted by molar-refractivity contribution is 7.87. The molecule has 4 unspecified atom stereocenters. The van der Waals surface area contributed by atoms with Gasteiger partial charge < -0.3 is 37.8 Å². The topological polar surface area (TPSA) is 270 Å². The van der Waals surface area contributed by atoms with Crippen LogP contribution in [0, 0.1) is 17.8 Å². The van der Waals surface area contributed by atoms with Crippen LogP contribution in [-0.2, 0) is 40.5 Å². The van der Waals surface area contributed by atoms with Crippen LogP contribution in [0.25, 0.3) is 33.1 Å². The van der Waals surface area contributed by atoms with Gasteiger partial charge in [0.15, 0.2) is 0 Å². The van der Waals surface area contributed by atoms with Crippen LogP contribution in [0.1, 0.15) is 164 Å². The maximum absolute atomic E-state index is 11.2. The number of anilines is 4. The van der Waals surface area contributed by atoms with Crippen LogP contribution in [0.3, 0.4) is 0 Å². The van der Waals surface area contributed by atoms with Crippen LogP contribution in [0.4, 0.5) is 22.7 Å². The van der Waals surface area contributed by atoms with Gasteiger partial charge in [-0.25, -0.2) is 43.7 Å². The van der Waals surface area contributed by atoms with Crippen molar-refractivity contribution in [2.75, 3.05) is 85.0 Å². The molecule has 2 fully saturated rings. The fourth-order valence-corrected chi connectivity index (χ4v) is 18.4. The molecule has 0 spiro atoms. The lowest BCUT2D eigenvalue weighted by molar-refractivity contribution is -0.466. The van der Waals surface area contributed by atoms with Gasteiger partial charge in [-0.05, 0) is 287 Å². The van der Waals surface area contributed by atoms with Gasteiger partial charge in [0.25, 0.3) is 0 Å². The van der Waals surface area contributed by atoms with Gasteiger partial charge in [0.2, 0.25) is 11.4 Å². The lowest BCUT2D eigenvalue weighted by Gasteiger charge is -2.24. The Morgan fingerprint density at radius 2 is 0.763 bits per heavy atom. The first-order chi connectivity index (χ1) is 54.5. The standard InChI is InChI=1S/C39H47N3.C33H39N3.C10H8O9S3.C10H14O3S/c1-5-41(6-2)33-19-15-29(16-20-33)39(30-17-21-34(22-18-30)42(7-3)8-4)37-23-24-38(36-12-10-9-11-35(36)37)40-27-32-26-28-13-14-31(32)25-28;1-6-34-32-24-23-31(29-13-11-12-14-30(29)32)33(25-15-19-27(20-16-25)35(7-2)8-3)26-17-21-28(22-18-26)36(9-4)10-5;11-20(12,13)7-1-2-9-6(3-7)4-8(21(14,15)16)5-10(9)22(17,18)19;1-3-8(2)9-4-6-10(7-5-9)14(11,12)13/h9-12,15-24,28,31-32H,5-8,13-14,25-27H2,1-4H3;11-24H,6-10H2,1-5H3;1-5H,(H,11,12,13)(H,14,15,16)(H,17,18,19);4-8H,3H2,1-2H3,(H,11,12,13)/p-2. The van der Waals surface area contributed by atoms with Crippen molar-refractivity contribution >= 4 is 108 Å².